The van der Waals surface area contributed by atoms with Gasteiger partial charge in [0.25, 0.3) is 0 Å². The maximum Gasteiger partial charge on any atom is 0.246 e. The monoisotopic (exact) mass is 481 g/mol. The molecule has 0 aromatic heterocycles. The molecule has 1 aliphatic heterocycles. The van der Waals surface area contributed by atoms with E-state index in [1.807, 2.05) is 48.5 Å². The summed E-state index contributed by atoms with van der Waals surface area (Å²) in [6, 6.07) is 17.8. The second kappa shape index (κ2) is 12.9. The highest BCUT2D eigenvalue weighted by Crippen LogP contribution is 2.29. The zero-order chi connectivity index (χ0) is 24.3. The van der Waals surface area contributed by atoms with E-state index >= 15 is 0 Å². The number of amides is 3. The summed E-state index contributed by atoms with van der Waals surface area (Å²) in [6.07, 6.45) is 2.85. The zero-order valence-corrected chi connectivity index (χ0v) is 20.1. The summed E-state index contributed by atoms with van der Waals surface area (Å²) in [5, 5.41) is 8.58. The minimum Gasteiger partial charge on any atom is -0.355 e. The molecule has 3 atom stereocenters. The van der Waals surface area contributed by atoms with Gasteiger partial charge in [-0.3, -0.25) is 19.2 Å². The molecule has 0 radical (unpaired) electrons. The smallest absolute Gasteiger partial charge is 0.246 e. The van der Waals surface area contributed by atoms with Gasteiger partial charge in [-0.25, -0.2) is 0 Å². The summed E-state index contributed by atoms with van der Waals surface area (Å²) >= 11 is 1.29. The maximum atomic E-state index is 13.2. The number of thioether (sulfide) groups is 1. The molecule has 2 aromatic rings. The van der Waals surface area contributed by atoms with Crippen LogP contribution in [0.1, 0.15) is 44.1 Å². The highest BCUT2D eigenvalue weighted by molar-refractivity contribution is 8.13. The molecule has 8 heteroatoms. The molecular weight excluding hydrogens is 450 g/mol. The van der Waals surface area contributed by atoms with Gasteiger partial charge in [-0.05, 0) is 30.5 Å². The Hall–Kier alpha value is -3.13. The van der Waals surface area contributed by atoms with Crippen LogP contribution in [0.3, 0.4) is 0 Å². The predicted octanol–water partition coefficient (Wildman–Crippen LogP) is 3.48. The number of carbonyl (C=O) groups is 4. The number of carbonyl (C=O) groups excluding carboxylic acids is 4. The molecule has 0 aliphatic carbocycles. The van der Waals surface area contributed by atoms with Gasteiger partial charge >= 0.3 is 0 Å². The molecule has 3 amide bonds. The Bertz CT molecular complexity index is 984. The molecule has 1 fully saturated rings. The first kappa shape index (κ1) is 25.5. The van der Waals surface area contributed by atoms with Gasteiger partial charge in [-0.1, -0.05) is 73.1 Å². The number of rotatable bonds is 11. The van der Waals surface area contributed by atoms with Gasteiger partial charge < -0.3 is 16.0 Å². The summed E-state index contributed by atoms with van der Waals surface area (Å²) in [6.45, 7) is 1.93. The fourth-order valence-electron chi connectivity index (χ4n) is 4.06. The standard InChI is InChI=1S/C26H31N3O4S/c1-18(30)34-16-10-4-9-15-22(24(31)28-20-13-7-3-8-14-20)29-26(33)23-21(17-27-25(23)32)19-11-5-2-6-12-19/h2-3,5-8,11-14,21-23H,4,9-10,15-17H2,1H3,(H,27,32)(H,28,31)(H,29,33)/t21?,22-,23?/m0/s1. The molecule has 0 saturated carbocycles. The molecule has 0 bridgehead atoms. The Morgan fingerprint density at radius 3 is 2.35 bits per heavy atom. The van der Waals surface area contributed by atoms with Gasteiger partial charge in [0, 0.05) is 30.8 Å². The average Bonchev–Trinajstić information content (AvgIpc) is 3.23. The molecular formula is C26H31N3O4S. The van der Waals surface area contributed by atoms with Crippen molar-refractivity contribution in [2.75, 3.05) is 17.6 Å². The van der Waals surface area contributed by atoms with Crippen molar-refractivity contribution in [3.05, 3.63) is 66.2 Å². The topological polar surface area (TPSA) is 104 Å². The van der Waals surface area contributed by atoms with Crippen LogP contribution in [0.25, 0.3) is 0 Å². The van der Waals surface area contributed by atoms with Crippen LogP contribution >= 0.6 is 11.8 Å². The number of anilines is 1. The van der Waals surface area contributed by atoms with E-state index in [1.165, 1.54) is 11.8 Å². The van der Waals surface area contributed by atoms with E-state index in [1.54, 1.807) is 19.1 Å². The van der Waals surface area contributed by atoms with E-state index in [0.717, 1.165) is 24.2 Å². The number of unbranched alkanes of at least 4 members (excludes halogenated alkanes) is 2. The Morgan fingerprint density at radius 2 is 1.68 bits per heavy atom. The SMILES string of the molecule is CC(=O)SCCCCC[C@H](NC(=O)C1C(=O)NCC1c1ccccc1)C(=O)Nc1ccccc1. The van der Waals surface area contributed by atoms with E-state index in [9.17, 15) is 19.2 Å². The largest absolute Gasteiger partial charge is 0.355 e. The number of benzene rings is 2. The van der Waals surface area contributed by atoms with Crippen LogP contribution in [0, 0.1) is 5.92 Å². The fourth-order valence-corrected chi connectivity index (χ4v) is 4.69. The Kier molecular flexibility index (Phi) is 9.70. The first-order valence-electron chi connectivity index (χ1n) is 11.6. The van der Waals surface area contributed by atoms with Crippen molar-refractivity contribution in [2.45, 2.75) is 44.6 Å². The Morgan fingerprint density at radius 1 is 1.00 bits per heavy atom. The van der Waals surface area contributed by atoms with Gasteiger partial charge in [0.2, 0.25) is 17.7 Å². The van der Waals surface area contributed by atoms with Crippen LogP contribution in [0.5, 0.6) is 0 Å². The van der Waals surface area contributed by atoms with E-state index in [4.69, 9.17) is 0 Å². The summed E-state index contributed by atoms with van der Waals surface area (Å²) in [5.41, 5.74) is 1.56. The van der Waals surface area contributed by atoms with Gasteiger partial charge in [0.1, 0.15) is 12.0 Å². The van der Waals surface area contributed by atoms with Gasteiger partial charge in [-0.15, -0.1) is 0 Å². The van der Waals surface area contributed by atoms with E-state index in [0.29, 0.717) is 25.1 Å². The summed E-state index contributed by atoms with van der Waals surface area (Å²) in [4.78, 5) is 49.9. The molecule has 3 N–H and O–H groups in total. The lowest BCUT2D eigenvalue weighted by molar-refractivity contribution is -0.135. The zero-order valence-electron chi connectivity index (χ0n) is 19.3. The lowest BCUT2D eigenvalue weighted by atomic mass is 9.87. The molecule has 2 unspecified atom stereocenters. The number of nitrogens with one attached hydrogen (secondary N) is 3. The molecule has 2 aromatic carbocycles. The number of hydrogen-bond acceptors (Lipinski definition) is 5. The molecule has 34 heavy (non-hydrogen) atoms. The van der Waals surface area contributed by atoms with Crippen molar-refractivity contribution in [3.8, 4) is 0 Å². The third kappa shape index (κ3) is 7.45. The first-order valence-corrected chi connectivity index (χ1v) is 12.6. The fraction of sp³-hybridized carbons (Fsp3) is 0.385. The van der Waals surface area contributed by atoms with Crippen molar-refractivity contribution < 1.29 is 19.2 Å². The number of hydrogen-bond donors (Lipinski definition) is 3. The van der Waals surface area contributed by atoms with Gasteiger partial charge in [0.15, 0.2) is 5.12 Å². The van der Waals surface area contributed by atoms with Crippen molar-refractivity contribution in [1.82, 2.24) is 10.6 Å². The van der Waals surface area contributed by atoms with Crippen LogP contribution in [0.4, 0.5) is 5.69 Å². The quantitative estimate of drug-likeness (QED) is 0.337. The molecule has 0 spiro atoms. The van der Waals surface area contributed by atoms with Crippen molar-refractivity contribution in [3.63, 3.8) is 0 Å². The van der Waals surface area contributed by atoms with Crippen LogP contribution in [-0.4, -0.2) is 41.2 Å². The van der Waals surface area contributed by atoms with Gasteiger partial charge in [0.05, 0.1) is 0 Å². The maximum absolute atomic E-state index is 13.2. The Labute approximate surface area is 204 Å². The summed E-state index contributed by atoms with van der Waals surface area (Å²) in [7, 11) is 0. The van der Waals surface area contributed by atoms with E-state index < -0.39 is 17.9 Å². The Balaban J connectivity index is 1.66. The molecule has 1 saturated heterocycles. The molecule has 3 rings (SSSR count). The summed E-state index contributed by atoms with van der Waals surface area (Å²) in [5.74, 6) is -1.51. The highest BCUT2D eigenvalue weighted by atomic mass is 32.2. The van der Waals surface area contributed by atoms with Crippen LogP contribution < -0.4 is 16.0 Å². The van der Waals surface area contributed by atoms with Crippen molar-refractivity contribution >= 4 is 40.3 Å². The third-order valence-corrected chi connectivity index (χ3v) is 6.71. The molecule has 1 aliphatic rings. The minimum atomic E-state index is -0.888. The third-order valence-electron chi connectivity index (χ3n) is 5.81. The molecule has 180 valence electrons. The normalized spacial score (nSPS) is 18.1. The first-order chi connectivity index (χ1) is 16.5. The lowest BCUT2D eigenvalue weighted by Gasteiger charge is -2.22. The van der Waals surface area contributed by atoms with Crippen molar-refractivity contribution in [1.29, 1.82) is 0 Å². The van der Waals surface area contributed by atoms with E-state index in [-0.39, 0.29) is 22.8 Å². The minimum absolute atomic E-state index is 0.0928. The highest BCUT2D eigenvalue weighted by Gasteiger charge is 2.42. The van der Waals surface area contributed by atoms with Crippen LogP contribution in [0.15, 0.2) is 60.7 Å². The van der Waals surface area contributed by atoms with E-state index in [2.05, 4.69) is 16.0 Å². The van der Waals surface area contributed by atoms with Gasteiger partial charge in [-0.2, -0.15) is 0 Å². The second-order valence-corrected chi connectivity index (χ2v) is 9.62. The van der Waals surface area contributed by atoms with Crippen LogP contribution in [0.2, 0.25) is 0 Å². The predicted molar refractivity (Wildman–Crippen MR) is 134 cm³/mol. The lowest BCUT2D eigenvalue weighted by Crippen LogP contribution is -2.48. The van der Waals surface area contributed by atoms with Crippen molar-refractivity contribution in [2.24, 2.45) is 5.92 Å². The molecule has 7 nitrogen and oxygen atoms in total. The number of para-hydroxylation sites is 1. The second-order valence-electron chi connectivity index (χ2n) is 8.35. The van der Waals surface area contributed by atoms with Crippen LogP contribution in [-0.2, 0) is 19.2 Å². The summed E-state index contributed by atoms with van der Waals surface area (Å²) < 4.78 is 0. The molecule has 1 heterocycles. The average molecular weight is 482 g/mol.